The Balaban J connectivity index is 2.04. The van der Waals surface area contributed by atoms with Crippen molar-refractivity contribution in [2.24, 2.45) is 0 Å². The van der Waals surface area contributed by atoms with Gasteiger partial charge in [0.15, 0.2) is 5.16 Å². The minimum Gasteiger partial charge on any atom is -0.435 e. The lowest BCUT2D eigenvalue weighted by Gasteiger charge is -2.14. The van der Waals surface area contributed by atoms with E-state index in [1.165, 1.54) is 0 Å². The van der Waals surface area contributed by atoms with Gasteiger partial charge in [-0.05, 0) is 24.3 Å². The molecule has 0 N–H and O–H groups in total. The van der Waals surface area contributed by atoms with E-state index in [4.69, 9.17) is 0 Å². The Bertz CT molecular complexity index is 817. The molecular weight excluding hydrogens is 342 g/mol. The van der Waals surface area contributed by atoms with Gasteiger partial charge >= 0.3 is 6.61 Å². The summed E-state index contributed by atoms with van der Waals surface area (Å²) in [6.45, 7) is 1.38. The van der Waals surface area contributed by atoms with Crippen molar-refractivity contribution in [3.05, 3.63) is 60.8 Å². The van der Waals surface area contributed by atoms with Crippen LogP contribution in [0.4, 0.5) is 8.78 Å². The Morgan fingerprint density at radius 2 is 1.68 bits per heavy atom. The summed E-state index contributed by atoms with van der Waals surface area (Å²) in [6.07, 6.45) is 1.84. The number of ether oxygens (including phenoxy) is 1. The molecule has 25 heavy (non-hydrogen) atoms. The maximum absolute atomic E-state index is 12.3. The largest absolute Gasteiger partial charge is 0.435 e. The first-order valence-electron chi connectivity index (χ1n) is 7.89. The van der Waals surface area contributed by atoms with Crippen LogP contribution >= 0.6 is 11.8 Å². The van der Waals surface area contributed by atoms with Crippen molar-refractivity contribution in [3.8, 4) is 22.7 Å². The highest BCUT2D eigenvalue weighted by atomic mass is 32.2. The number of aromatic nitrogens is 2. The molecule has 0 aliphatic rings. The lowest BCUT2D eigenvalue weighted by molar-refractivity contribution is -0.0498. The second-order valence-electron chi connectivity index (χ2n) is 5.67. The Hall–Kier alpha value is -2.34. The number of hydrogen-bond acceptors (Lipinski definition) is 3. The number of alkyl halides is 2. The number of thioether (sulfide) groups is 1. The zero-order chi connectivity index (χ0) is 17.8. The van der Waals surface area contributed by atoms with Crippen LogP contribution in [0.15, 0.2) is 66.0 Å². The van der Waals surface area contributed by atoms with E-state index in [-0.39, 0.29) is 5.75 Å². The molecule has 0 spiro atoms. The van der Waals surface area contributed by atoms with E-state index in [1.807, 2.05) is 41.1 Å². The zero-order valence-electron chi connectivity index (χ0n) is 13.9. The van der Waals surface area contributed by atoms with E-state index in [0.29, 0.717) is 5.25 Å². The highest BCUT2D eigenvalue weighted by Gasteiger charge is 2.15. The number of halogens is 2. The lowest BCUT2D eigenvalue weighted by Crippen LogP contribution is -2.03. The molecule has 1 heterocycles. The second-order valence-corrected chi connectivity index (χ2v) is 7.21. The molecule has 0 bridgehead atoms. The normalized spacial score (nSPS) is 11.3. The molecule has 130 valence electrons. The minimum atomic E-state index is -2.83. The van der Waals surface area contributed by atoms with E-state index in [0.717, 1.165) is 22.1 Å². The summed E-state index contributed by atoms with van der Waals surface area (Å²) in [5.74, 6) is 0.137. The van der Waals surface area contributed by atoms with Gasteiger partial charge in [-0.2, -0.15) is 8.78 Å². The van der Waals surface area contributed by atoms with Gasteiger partial charge in [-0.1, -0.05) is 55.9 Å². The molecule has 0 aliphatic heterocycles. The van der Waals surface area contributed by atoms with Crippen LogP contribution in [0.1, 0.15) is 13.8 Å². The van der Waals surface area contributed by atoms with Crippen molar-refractivity contribution in [1.82, 2.24) is 9.55 Å². The van der Waals surface area contributed by atoms with Gasteiger partial charge in [0, 0.05) is 16.5 Å². The van der Waals surface area contributed by atoms with Crippen LogP contribution in [0.2, 0.25) is 0 Å². The van der Waals surface area contributed by atoms with Gasteiger partial charge in [-0.15, -0.1) is 0 Å². The summed E-state index contributed by atoms with van der Waals surface area (Å²) in [6, 6.07) is 16.6. The molecule has 0 aliphatic carbocycles. The summed E-state index contributed by atoms with van der Waals surface area (Å²) in [7, 11) is 0. The van der Waals surface area contributed by atoms with Gasteiger partial charge in [0.05, 0.1) is 11.9 Å². The third-order valence-electron chi connectivity index (χ3n) is 3.46. The molecule has 1 aromatic heterocycles. The average molecular weight is 360 g/mol. The molecular formula is C19H18F2N2OS. The van der Waals surface area contributed by atoms with Gasteiger partial charge < -0.3 is 4.74 Å². The van der Waals surface area contributed by atoms with Gasteiger partial charge in [-0.3, -0.25) is 4.57 Å². The van der Waals surface area contributed by atoms with E-state index in [2.05, 4.69) is 23.6 Å². The fourth-order valence-corrected chi connectivity index (χ4v) is 3.31. The summed E-state index contributed by atoms with van der Waals surface area (Å²) in [4.78, 5) is 4.55. The molecule has 0 radical (unpaired) electrons. The van der Waals surface area contributed by atoms with E-state index < -0.39 is 6.61 Å². The van der Waals surface area contributed by atoms with Gasteiger partial charge in [0.1, 0.15) is 5.75 Å². The predicted octanol–water partition coefficient (Wildman–Crippen LogP) is 5.64. The van der Waals surface area contributed by atoms with Gasteiger partial charge in [-0.25, -0.2) is 4.98 Å². The van der Waals surface area contributed by atoms with E-state index in [9.17, 15) is 8.78 Å². The van der Waals surface area contributed by atoms with Crippen LogP contribution < -0.4 is 4.74 Å². The van der Waals surface area contributed by atoms with E-state index in [1.54, 1.807) is 36.0 Å². The standard InChI is InChI=1S/C19H18F2N2OS/c1-13(2)25-19-22-12-17(14-6-4-3-5-7-14)23(19)15-8-10-16(11-9-15)24-18(20)21/h3-13,18H,1-2H3. The topological polar surface area (TPSA) is 27.1 Å². The molecule has 3 aromatic rings. The highest BCUT2D eigenvalue weighted by Crippen LogP contribution is 2.32. The fourth-order valence-electron chi connectivity index (χ4n) is 2.47. The first kappa shape index (κ1) is 17.5. The summed E-state index contributed by atoms with van der Waals surface area (Å²) in [5.41, 5.74) is 2.84. The van der Waals surface area contributed by atoms with E-state index >= 15 is 0 Å². The monoisotopic (exact) mass is 360 g/mol. The number of rotatable bonds is 6. The third kappa shape index (κ3) is 4.20. The van der Waals surface area contributed by atoms with Crippen LogP contribution in [-0.2, 0) is 0 Å². The summed E-state index contributed by atoms with van der Waals surface area (Å²) < 4.78 is 31.2. The Kier molecular flexibility index (Phi) is 5.38. The molecule has 0 saturated carbocycles. The average Bonchev–Trinajstić information content (AvgIpc) is 2.99. The van der Waals surface area contributed by atoms with Crippen LogP contribution in [0, 0.1) is 0 Å². The molecule has 0 amide bonds. The molecule has 0 saturated heterocycles. The van der Waals surface area contributed by atoms with Gasteiger partial charge in [0.2, 0.25) is 0 Å². The molecule has 3 rings (SSSR count). The maximum Gasteiger partial charge on any atom is 0.387 e. The van der Waals surface area contributed by atoms with Crippen molar-refractivity contribution in [1.29, 1.82) is 0 Å². The smallest absolute Gasteiger partial charge is 0.387 e. The van der Waals surface area contributed by atoms with Crippen LogP contribution in [0.25, 0.3) is 16.9 Å². The predicted molar refractivity (Wildman–Crippen MR) is 96.6 cm³/mol. The molecule has 2 aromatic carbocycles. The maximum atomic E-state index is 12.3. The zero-order valence-corrected chi connectivity index (χ0v) is 14.7. The van der Waals surface area contributed by atoms with Gasteiger partial charge in [0.25, 0.3) is 0 Å². The lowest BCUT2D eigenvalue weighted by atomic mass is 10.1. The third-order valence-corrected chi connectivity index (χ3v) is 4.43. The molecule has 0 unspecified atom stereocenters. The Morgan fingerprint density at radius 1 is 1.00 bits per heavy atom. The fraction of sp³-hybridized carbons (Fsp3) is 0.211. The van der Waals surface area contributed by atoms with Crippen LogP contribution in [0.3, 0.4) is 0 Å². The van der Waals surface area contributed by atoms with Crippen LogP contribution in [-0.4, -0.2) is 21.4 Å². The number of nitrogens with zero attached hydrogens (tertiary/aromatic N) is 2. The molecule has 0 atom stereocenters. The van der Waals surface area contributed by atoms with Crippen molar-refractivity contribution >= 4 is 11.8 Å². The van der Waals surface area contributed by atoms with Crippen molar-refractivity contribution in [3.63, 3.8) is 0 Å². The number of imidazole rings is 1. The molecule has 6 heteroatoms. The summed E-state index contributed by atoms with van der Waals surface area (Å²) >= 11 is 1.65. The molecule has 3 nitrogen and oxygen atoms in total. The second kappa shape index (κ2) is 7.70. The van der Waals surface area contributed by atoms with Crippen LogP contribution in [0.5, 0.6) is 5.75 Å². The Labute approximate surface area is 149 Å². The first-order chi connectivity index (χ1) is 12.0. The SMILES string of the molecule is CC(C)Sc1ncc(-c2ccccc2)n1-c1ccc(OC(F)F)cc1. The number of benzene rings is 2. The first-order valence-corrected chi connectivity index (χ1v) is 8.77. The highest BCUT2D eigenvalue weighted by molar-refractivity contribution is 7.99. The summed E-state index contributed by atoms with van der Waals surface area (Å²) in [5, 5.41) is 1.22. The van der Waals surface area contributed by atoms with Crippen molar-refractivity contribution in [2.75, 3.05) is 0 Å². The minimum absolute atomic E-state index is 0.137. The molecule has 0 fully saturated rings. The number of hydrogen-bond donors (Lipinski definition) is 0. The van der Waals surface area contributed by atoms with Crippen molar-refractivity contribution < 1.29 is 13.5 Å². The quantitative estimate of drug-likeness (QED) is 0.532. The Morgan fingerprint density at radius 3 is 2.28 bits per heavy atom. The van der Waals surface area contributed by atoms with Crippen molar-refractivity contribution in [2.45, 2.75) is 30.9 Å².